The Labute approximate surface area is 194 Å². The molecule has 0 aromatic heterocycles. The van der Waals surface area contributed by atoms with Gasteiger partial charge in [-0.25, -0.2) is 0 Å². The lowest BCUT2D eigenvalue weighted by atomic mass is 9.73. The number of likely N-dealkylation sites (tertiary alicyclic amines) is 1. The first-order valence-corrected chi connectivity index (χ1v) is 12.6. The topological polar surface area (TPSA) is 58.6 Å². The number of aryl methyl sites for hydroxylation is 1. The summed E-state index contributed by atoms with van der Waals surface area (Å²) in [5.41, 5.74) is 0.883. The molecule has 32 heavy (non-hydrogen) atoms. The lowest BCUT2D eigenvalue weighted by Crippen LogP contribution is -2.53. The minimum atomic E-state index is -0.372. The normalized spacial score (nSPS) is 22.0. The van der Waals surface area contributed by atoms with E-state index in [4.69, 9.17) is 4.74 Å². The molecule has 2 aliphatic rings. The molecule has 2 amide bonds. The van der Waals surface area contributed by atoms with Crippen LogP contribution >= 0.6 is 0 Å². The zero-order valence-electron chi connectivity index (χ0n) is 20.5. The molecule has 0 aliphatic carbocycles. The van der Waals surface area contributed by atoms with Gasteiger partial charge in [0.25, 0.3) is 0 Å². The fourth-order valence-electron chi connectivity index (χ4n) is 5.15. The number of ether oxygens (including phenoxy) is 1. The van der Waals surface area contributed by atoms with Gasteiger partial charge in [0.05, 0.1) is 11.5 Å². The first kappa shape index (κ1) is 24.6. The van der Waals surface area contributed by atoms with E-state index >= 15 is 0 Å². The number of hydrogen-bond donors (Lipinski definition) is 1. The van der Waals surface area contributed by atoms with Gasteiger partial charge >= 0.3 is 0 Å². The summed E-state index contributed by atoms with van der Waals surface area (Å²) in [6.07, 6.45) is 6.92. The molecule has 0 bridgehead atoms. The summed E-state index contributed by atoms with van der Waals surface area (Å²) in [6.45, 7) is 10.4. The van der Waals surface area contributed by atoms with Crippen molar-refractivity contribution in [2.24, 2.45) is 17.3 Å². The maximum absolute atomic E-state index is 13.6. The Morgan fingerprint density at radius 2 is 1.81 bits per heavy atom. The summed E-state index contributed by atoms with van der Waals surface area (Å²) in [5.74, 6) is 2.17. The van der Waals surface area contributed by atoms with Crippen molar-refractivity contribution in [1.82, 2.24) is 10.2 Å². The number of carbonyl (C=O) groups is 2. The third kappa shape index (κ3) is 6.49. The van der Waals surface area contributed by atoms with Crippen molar-refractivity contribution >= 4 is 11.8 Å². The predicted octanol–water partition coefficient (Wildman–Crippen LogP) is 4.98. The molecule has 0 unspecified atom stereocenters. The monoisotopic (exact) mass is 442 g/mol. The lowest BCUT2D eigenvalue weighted by Gasteiger charge is -2.42. The highest BCUT2D eigenvalue weighted by Gasteiger charge is 2.42. The number of benzene rings is 1. The van der Waals surface area contributed by atoms with E-state index in [2.05, 4.69) is 45.1 Å². The van der Waals surface area contributed by atoms with Crippen LogP contribution in [0.3, 0.4) is 0 Å². The molecule has 1 fully saturated rings. The summed E-state index contributed by atoms with van der Waals surface area (Å²) in [4.78, 5) is 28.2. The fourth-order valence-corrected chi connectivity index (χ4v) is 5.15. The number of amides is 2. The van der Waals surface area contributed by atoms with Crippen LogP contribution in [0.1, 0.15) is 78.2 Å². The number of para-hydroxylation sites is 1. The highest BCUT2D eigenvalue weighted by atomic mass is 16.5. The molecule has 1 atom stereocenters. The molecule has 1 N–H and O–H groups in total. The summed E-state index contributed by atoms with van der Waals surface area (Å²) < 4.78 is 6.22. The largest absolute Gasteiger partial charge is 0.491 e. The van der Waals surface area contributed by atoms with Gasteiger partial charge in [0, 0.05) is 19.5 Å². The SMILES string of the molecule is CC(C)CC(=O)N1CCC2(CCCCc3ccccc3OC[C@H](CC(C)C)NC2=O)CC1. The third-order valence-corrected chi connectivity index (χ3v) is 6.99. The zero-order chi connectivity index (χ0) is 23.1. The third-order valence-electron chi connectivity index (χ3n) is 6.99. The van der Waals surface area contributed by atoms with Crippen LogP contribution in [0.15, 0.2) is 24.3 Å². The molecule has 1 saturated heterocycles. The highest BCUT2D eigenvalue weighted by Crippen LogP contribution is 2.38. The van der Waals surface area contributed by atoms with E-state index < -0.39 is 0 Å². The van der Waals surface area contributed by atoms with E-state index in [9.17, 15) is 9.59 Å². The van der Waals surface area contributed by atoms with E-state index in [1.54, 1.807) is 0 Å². The summed E-state index contributed by atoms with van der Waals surface area (Å²) in [5, 5.41) is 3.37. The van der Waals surface area contributed by atoms with Crippen molar-refractivity contribution in [3.05, 3.63) is 29.8 Å². The molecule has 1 spiro atoms. The second-order valence-corrected chi connectivity index (χ2v) is 10.7. The van der Waals surface area contributed by atoms with Crippen LogP contribution in [0.25, 0.3) is 0 Å². The number of carbonyl (C=O) groups excluding carboxylic acids is 2. The Morgan fingerprint density at radius 1 is 1.09 bits per heavy atom. The predicted molar refractivity (Wildman–Crippen MR) is 129 cm³/mol. The van der Waals surface area contributed by atoms with Crippen molar-refractivity contribution in [1.29, 1.82) is 0 Å². The number of hydrogen-bond acceptors (Lipinski definition) is 3. The first-order chi connectivity index (χ1) is 15.3. The Balaban J connectivity index is 1.75. The molecule has 0 saturated carbocycles. The maximum Gasteiger partial charge on any atom is 0.226 e. The van der Waals surface area contributed by atoms with Crippen LogP contribution in [-0.2, 0) is 16.0 Å². The Kier molecular flexibility index (Phi) is 8.61. The van der Waals surface area contributed by atoms with Gasteiger partial charge in [0.1, 0.15) is 12.4 Å². The molecular formula is C27H42N2O3. The average molecular weight is 443 g/mol. The van der Waals surface area contributed by atoms with Gasteiger partial charge in [-0.05, 0) is 62.0 Å². The molecule has 2 aliphatic heterocycles. The van der Waals surface area contributed by atoms with Crippen molar-refractivity contribution in [2.75, 3.05) is 19.7 Å². The molecule has 5 heteroatoms. The molecule has 1 aromatic carbocycles. The van der Waals surface area contributed by atoms with Crippen molar-refractivity contribution in [2.45, 2.75) is 85.1 Å². The number of nitrogens with one attached hydrogen (secondary N) is 1. The second kappa shape index (κ2) is 11.2. The van der Waals surface area contributed by atoms with Crippen molar-refractivity contribution in [3.63, 3.8) is 0 Å². The quantitative estimate of drug-likeness (QED) is 0.716. The van der Waals surface area contributed by atoms with Crippen LogP contribution in [-0.4, -0.2) is 42.5 Å². The fraction of sp³-hybridized carbons (Fsp3) is 0.704. The van der Waals surface area contributed by atoms with E-state index in [1.807, 2.05) is 17.0 Å². The van der Waals surface area contributed by atoms with Crippen LogP contribution in [0.2, 0.25) is 0 Å². The summed E-state index contributed by atoms with van der Waals surface area (Å²) in [6, 6.07) is 8.29. The summed E-state index contributed by atoms with van der Waals surface area (Å²) >= 11 is 0. The van der Waals surface area contributed by atoms with E-state index in [0.29, 0.717) is 38.0 Å². The molecule has 3 rings (SSSR count). The Bertz CT molecular complexity index is 766. The van der Waals surface area contributed by atoms with Crippen molar-refractivity contribution < 1.29 is 14.3 Å². The number of nitrogens with zero attached hydrogens (tertiary/aromatic N) is 1. The van der Waals surface area contributed by atoms with Gasteiger partial charge in [-0.3, -0.25) is 9.59 Å². The zero-order valence-corrected chi connectivity index (χ0v) is 20.5. The van der Waals surface area contributed by atoms with Crippen molar-refractivity contribution in [3.8, 4) is 5.75 Å². The maximum atomic E-state index is 13.6. The molecule has 178 valence electrons. The molecule has 5 nitrogen and oxygen atoms in total. The number of piperidine rings is 1. The number of rotatable bonds is 4. The van der Waals surface area contributed by atoms with Gasteiger partial charge < -0.3 is 15.0 Å². The second-order valence-electron chi connectivity index (χ2n) is 10.7. The van der Waals surface area contributed by atoms with Gasteiger partial charge in [-0.15, -0.1) is 0 Å². The van der Waals surface area contributed by atoms with Gasteiger partial charge in [-0.1, -0.05) is 52.3 Å². The first-order valence-electron chi connectivity index (χ1n) is 12.6. The Hall–Kier alpha value is -2.04. The molecule has 1 aromatic rings. The molecular weight excluding hydrogens is 400 g/mol. The van der Waals surface area contributed by atoms with E-state index in [-0.39, 0.29) is 23.3 Å². The standard InChI is InChI=1S/C27H42N2O3/c1-20(2)17-23-19-32-24-11-6-5-9-22(24)10-7-8-12-27(26(31)28-23)13-15-29(16-14-27)25(30)18-21(3)4/h5-6,9,11,20-21,23H,7-8,10,12-19H2,1-4H3,(H,28,31)/t23-/m0/s1. The minimum Gasteiger partial charge on any atom is -0.491 e. The van der Waals surface area contributed by atoms with E-state index in [0.717, 1.165) is 50.7 Å². The summed E-state index contributed by atoms with van der Waals surface area (Å²) in [7, 11) is 0. The Morgan fingerprint density at radius 3 is 2.50 bits per heavy atom. The van der Waals surface area contributed by atoms with Crippen LogP contribution < -0.4 is 10.1 Å². The minimum absolute atomic E-state index is 0.00698. The lowest BCUT2D eigenvalue weighted by molar-refractivity contribution is -0.142. The number of fused-ring (bicyclic) bond motifs is 1. The smallest absolute Gasteiger partial charge is 0.226 e. The molecule has 2 heterocycles. The molecule has 0 radical (unpaired) electrons. The average Bonchev–Trinajstić information content (AvgIpc) is 2.74. The highest BCUT2D eigenvalue weighted by molar-refractivity contribution is 5.84. The van der Waals surface area contributed by atoms with Gasteiger partial charge in [0.2, 0.25) is 11.8 Å². The van der Waals surface area contributed by atoms with Crippen LogP contribution in [0.4, 0.5) is 0 Å². The van der Waals surface area contributed by atoms with E-state index in [1.165, 1.54) is 5.56 Å². The van der Waals surface area contributed by atoms with Gasteiger partial charge in [0.15, 0.2) is 0 Å². The van der Waals surface area contributed by atoms with Crippen LogP contribution in [0.5, 0.6) is 5.75 Å². The van der Waals surface area contributed by atoms with Gasteiger partial charge in [-0.2, -0.15) is 0 Å². The van der Waals surface area contributed by atoms with Crippen LogP contribution in [0, 0.1) is 17.3 Å².